The van der Waals surface area contributed by atoms with Gasteiger partial charge in [0.15, 0.2) is 0 Å². The van der Waals surface area contributed by atoms with E-state index in [9.17, 15) is 4.39 Å². The van der Waals surface area contributed by atoms with Crippen LogP contribution < -0.4 is 15.5 Å². The second-order valence-corrected chi connectivity index (χ2v) is 5.65. The molecule has 1 aromatic carbocycles. The van der Waals surface area contributed by atoms with Crippen molar-refractivity contribution in [2.75, 3.05) is 31.2 Å². The molecule has 2 heterocycles. The van der Waals surface area contributed by atoms with Crippen LogP contribution in [0.3, 0.4) is 0 Å². The van der Waals surface area contributed by atoms with Gasteiger partial charge in [-0.1, -0.05) is 19.8 Å². The van der Waals surface area contributed by atoms with E-state index in [0.717, 1.165) is 31.9 Å². The van der Waals surface area contributed by atoms with Crippen LogP contribution in [0.25, 0.3) is 0 Å². The van der Waals surface area contributed by atoms with Crippen LogP contribution in [-0.4, -0.2) is 26.3 Å². The van der Waals surface area contributed by atoms with Crippen LogP contribution in [0.5, 0.6) is 0 Å². The highest BCUT2D eigenvalue weighted by molar-refractivity contribution is 5.63. The molecule has 2 aliphatic rings. The van der Waals surface area contributed by atoms with E-state index in [1.807, 2.05) is 6.07 Å². The molecular weight excluding hydrogens is 241 g/mol. The summed E-state index contributed by atoms with van der Waals surface area (Å²) in [5, 5.41) is 6.86. The average Bonchev–Trinajstić information content (AvgIpc) is 2.98. The van der Waals surface area contributed by atoms with Gasteiger partial charge in [0.1, 0.15) is 5.82 Å². The molecule has 1 atom stereocenters. The number of anilines is 1. The van der Waals surface area contributed by atoms with E-state index in [0.29, 0.717) is 0 Å². The molecule has 0 amide bonds. The smallest absolute Gasteiger partial charge is 0.123 e. The first-order valence-electron chi connectivity index (χ1n) is 7.26. The van der Waals surface area contributed by atoms with Gasteiger partial charge in [-0.2, -0.15) is 0 Å². The Hall–Kier alpha value is -1.13. The zero-order chi connectivity index (χ0) is 13.3. The van der Waals surface area contributed by atoms with Gasteiger partial charge in [0, 0.05) is 37.6 Å². The third-order valence-corrected chi connectivity index (χ3v) is 4.29. The molecule has 104 valence electrons. The third-order valence-electron chi connectivity index (χ3n) is 4.29. The third kappa shape index (κ3) is 2.23. The standard InChI is InChI=1S/C15H22FN3/c1-2-3-4-7-19-10-15(9-17-11-18-15)13-8-12(16)5-6-14(13)19/h5-6,8,17-18H,2-4,7,9-11H2,1H3. The molecule has 0 bridgehead atoms. The van der Waals surface area contributed by atoms with Crippen LogP contribution in [0.1, 0.15) is 31.7 Å². The second-order valence-electron chi connectivity index (χ2n) is 5.65. The number of halogens is 1. The van der Waals surface area contributed by atoms with E-state index >= 15 is 0 Å². The minimum absolute atomic E-state index is 0.0936. The molecule has 3 nitrogen and oxygen atoms in total. The molecule has 4 heteroatoms. The fourth-order valence-electron chi connectivity index (χ4n) is 3.29. The van der Waals surface area contributed by atoms with Gasteiger partial charge in [0.25, 0.3) is 0 Å². The molecule has 1 aromatic rings. The van der Waals surface area contributed by atoms with Crippen LogP contribution >= 0.6 is 0 Å². The Bertz CT molecular complexity index is 455. The van der Waals surface area contributed by atoms with Gasteiger partial charge in [-0.05, 0) is 24.6 Å². The van der Waals surface area contributed by atoms with Crippen LogP contribution in [0.4, 0.5) is 10.1 Å². The predicted molar refractivity (Wildman–Crippen MR) is 75.8 cm³/mol. The van der Waals surface area contributed by atoms with Crippen LogP contribution in [0.15, 0.2) is 18.2 Å². The summed E-state index contributed by atoms with van der Waals surface area (Å²) in [6.07, 6.45) is 3.69. The number of benzene rings is 1. The van der Waals surface area contributed by atoms with Gasteiger partial charge in [-0.3, -0.25) is 5.32 Å². The Kier molecular flexibility index (Phi) is 3.46. The number of hydrogen-bond donors (Lipinski definition) is 2. The highest BCUT2D eigenvalue weighted by Crippen LogP contribution is 2.40. The Morgan fingerprint density at radius 2 is 2.26 bits per heavy atom. The summed E-state index contributed by atoms with van der Waals surface area (Å²) in [7, 11) is 0. The van der Waals surface area contributed by atoms with E-state index in [2.05, 4.69) is 22.5 Å². The first-order valence-corrected chi connectivity index (χ1v) is 7.26. The average molecular weight is 263 g/mol. The zero-order valence-corrected chi connectivity index (χ0v) is 11.5. The predicted octanol–water partition coefficient (Wildman–Crippen LogP) is 2.18. The fraction of sp³-hybridized carbons (Fsp3) is 0.600. The number of fused-ring (bicyclic) bond motifs is 2. The van der Waals surface area contributed by atoms with Crippen LogP contribution in [0, 0.1) is 5.82 Å². The molecule has 1 spiro atoms. The van der Waals surface area contributed by atoms with Crippen LogP contribution in [-0.2, 0) is 5.54 Å². The topological polar surface area (TPSA) is 27.3 Å². The van der Waals surface area contributed by atoms with E-state index in [-0.39, 0.29) is 11.4 Å². The minimum Gasteiger partial charge on any atom is -0.369 e. The SMILES string of the molecule is CCCCCN1CC2(CNCN2)c2cc(F)ccc21. The Labute approximate surface area is 114 Å². The van der Waals surface area contributed by atoms with E-state index in [1.165, 1.54) is 24.9 Å². The van der Waals surface area contributed by atoms with Crippen molar-refractivity contribution in [2.45, 2.75) is 31.7 Å². The van der Waals surface area contributed by atoms with Crippen LogP contribution in [0.2, 0.25) is 0 Å². The van der Waals surface area contributed by atoms with E-state index < -0.39 is 0 Å². The summed E-state index contributed by atoms with van der Waals surface area (Å²) >= 11 is 0. The van der Waals surface area contributed by atoms with E-state index in [1.54, 1.807) is 12.1 Å². The summed E-state index contributed by atoms with van der Waals surface area (Å²) in [5.74, 6) is -0.137. The van der Waals surface area contributed by atoms with Gasteiger partial charge in [0.05, 0.1) is 5.54 Å². The molecular formula is C15H22FN3. The molecule has 1 unspecified atom stereocenters. The van der Waals surface area contributed by atoms with Gasteiger partial charge in [-0.25, -0.2) is 4.39 Å². The quantitative estimate of drug-likeness (QED) is 0.815. The largest absolute Gasteiger partial charge is 0.369 e. The van der Waals surface area contributed by atoms with Crippen molar-refractivity contribution >= 4 is 5.69 Å². The lowest BCUT2D eigenvalue weighted by Gasteiger charge is -2.25. The Morgan fingerprint density at radius 1 is 1.37 bits per heavy atom. The summed E-state index contributed by atoms with van der Waals surface area (Å²) in [6, 6.07) is 5.22. The summed E-state index contributed by atoms with van der Waals surface area (Å²) < 4.78 is 13.6. The maximum atomic E-state index is 13.6. The minimum atomic E-state index is -0.137. The first-order chi connectivity index (χ1) is 9.25. The fourth-order valence-corrected chi connectivity index (χ4v) is 3.29. The number of unbranched alkanes of at least 4 members (excludes halogenated alkanes) is 2. The van der Waals surface area contributed by atoms with Crippen molar-refractivity contribution in [1.29, 1.82) is 0 Å². The first kappa shape index (κ1) is 12.9. The molecule has 1 fully saturated rings. The highest BCUT2D eigenvalue weighted by Gasteiger charge is 2.44. The molecule has 1 saturated heterocycles. The molecule has 0 radical (unpaired) electrons. The zero-order valence-electron chi connectivity index (χ0n) is 11.5. The monoisotopic (exact) mass is 263 g/mol. The van der Waals surface area contributed by atoms with Gasteiger partial charge < -0.3 is 10.2 Å². The van der Waals surface area contributed by atoms with Crippen molar-refractivity contribution in [2.24, 2.45) is 0 Å². The Morgan fingerprint density at radius 3 is 3.00 bits per heavy atom. The number of nitrogens with one attached hydrogen (secondary N) is 2. The van der Waals surface area contributed by atoms with Crippen molar-refractivity contribution in [3.63, 3.8) is 0 Å². The highest BCUT2D eigenvalue weighted by atomic mass is 19.1. The lowest BCUT2D eigenvalue weighted by molar-refractivity contribution is 0.436. The molecule has 2 N–H and O–H groups in total. The summed E-state index contributed by atoms with van der Waals surface area (Å²) in [4.78, 5) is 2.41. The normalized spacial score (nSPS) is 25.3. The van der Waals surface area contributed by atoms with Gasteiger partial charge in [0.2, 0.25) is 0 Å². The number of rotatable bonds is 4. The van der Waals surface area contributed by atoms with Crippen molar-refractivity contribution in [1.82, 2.24) is 10.6 Å². The van der Waals surface area contributed by atoms with Crippen molar-refractivity contribution in [3.8, 4) is 0 Å². The molecule has 0 saturated carbocycles. The summed E-state index contributed by atoms with van der Waals surface area (Å²) in [5.41, 5.74) is 2.23. The number of hydrogen-bond acceptors (Lipinski definition) is 3. The van der Waals surface area contributed by atoms with Gasteiger partial charge >= 0.3 is 0 Å². The molecule has 2 aliphatic heterocycles. The lowest BCUT2D eigenvalue weighted by atomic mass is 9.93. The Balaban J connectivity index is 1.87. The number of nitrogens with zero attached hydrogens (tertiary/aromatic N) is 1. The maximum Gasteiger partial charge on any atom is 0.123 e. The molecule has 3 rings (SSSR count). The van der Waals surface area contributed by atoms with Gasteiger partial charge in [-0.15, -0.1) is 0 Å². The maximum absolute atomic E-state index is 13.6. The molecule has 0 aliphatic carbocycles. The van der Waals surface area contributed by atoms with E-state index in [4.69, 9.17) is 0 Å². The second kappa shape index (κ2) is 5.10. The van der Waals surface area contributed by atoms with Crippen molar-refractivity contribution in [3.05, 3.63) is 29.6 Å². The molecule has 0 aromatic heterocycles. The molecule has 19 heavy (non-hydrogen) atoms. The lowest BCUT2D eigenvalue weighted by Crippen LogP contribution is -2.44. The summed E-state index contributed by atoms with van der Waals surface area (Å²) in [6.45, 7) is 5.92. The van der Waals surface area contributed by atoms with Crippen molar-refractivity contribution < 1.29 is 4.39 Å².